The summed E-state index contributed by atoms with van der Waals surface area (Å²) in [5.41, 5.74) is 0.727. The van der Waals surface area contributed by atoms with Crippen molar-refractivity contribution in [3.8, 4) is 0 Å². The van der Waals surface area contributed by atoms with E-state index in [4.69, 9.17) is 4.74 Å². The maximum atomic E-state index is 14.3. The number of aliphatic hydroxyl groups is 1. The standard InChI is InChI=1S/C21H21FN4O5S/c1-2-31-20(28)15-11-23-21(25-17-9-8-14(32(29)30)10-16(17)22)26-19(15)24-18(12-27)13-6-4-3-5-7-13/h3-11,18,27H,2,12H2,1H3,(H,29,30)(H2,23,24,25,26)/p-1/t18-/m1/s1. The van der Waals surface area contributed by atoms with Gasteiger partial charge in [0, 0.05) is 11.1 Å². The van der Waals surface area contributed by atoms with Gasteiger partial charge in [0.25, 0.3) is 0 Å². The van der Waals surface area contributed by atoms with Gasteiger partial charge in [-0.1, -0.05) is 30.3 Å². The lowest BCUT2D eigenvalue weighted by Crippen LogP contribution is -2.19. The van der Waals surface area contributed by atoms with Gasteiger partial charge >= 0.3 is 5.97 Å². The molecule has 0 aliphatic heterocycles. The molecule has 1 heterocycles. The van der Waals surface area contributed by atoms with E-state index in [1.54, 1.807) is 31.2 Å². The maximum absolute atomic E-state index is 14.3. The van der Waals surface area contributed by atoms with E-state index in [0.717, 1.165) is 11.6 Å². The number of carbonyl (C=O) groups is 1. The first kappa shape index (κ1) is 23.3. The number of nitrogens with one attached hydrogen (secondary N) is 2. The van der Waals surface area contributed by atoms with Gasteiger partial charge in [0.2, 0.25) is 5.95 Å². The van der Waals surface area contributed by atoms with Crippen molar-refractivity contribution in [2.24, 2.45) is 0 Å². The second kappa shape index (κ2) is 10.8. The van der Waals surface area contributed by atoms with Crippen molar-refractivity contribution in [3.05, 3.63) is 71.7 Å². The quantitative estimate of drug-likeness (QED) is 0.326. The summed E-state index contributed by atoms with van der Waals surface area (Å²) in [5.74, 6) is -1.47. The van der Waals surface area contributed by atoms with Crippen molar-refractivity contribution in [1.29, 1.82) is 0 Å². The second-order valence-corrected chi connectivity index (χ2v) is 7.41. The van der Waals surface area contributed by atoms with Gasteiger partial charge in [-0.3, -0.25) is 4.21 Å². The lowest BCUT2D eigenvalue weighted by Gasteiger charge is -2.19. The summed E-state index contributed by atoms with van der Waals surface area (Å²) < 4.78 is 41.3. The summed E-state index contributed by atoms with van der Waals surface area (Å²) in [4.78, 5) is 20.4. The van der Waals surface area contributed by atoms with E-state index in [2.05, 4.69) is 20.6 Å². The molecule has 1 aromatic heterocycles. The third kappa shape index (κ3) is 5.63. The van der Waals surface area contributed by atoms with Crippen LogP contribution in [0.5, 0.6) is 0 Å². The molecule has 3 aromatic rings. The number of rotatable bonds is 9. The number of aliphatic hydroxyl groups excluding tert-OH is 1. The van der Waals surface area contributed by atoms with Crippen LogP contribution in [0.15, 0.2) is 59.6 Å². The fourth-order valence-electron chi connectivity index (χ4n) is 2.82. The van der Waals surface area contributed by atoms with Gasteiger partial charge in [-0.15, -0.1) is 0 Å². The maximum Gasteiger partial charge on any atom is 0.343 e. The van der Waals surface area contributed by atoms with Gasteiger partial charge in [-0.05, 0) is 41.8 Å². The van der Waals surface area contributed by atoms with E-state index in [1.165, 1.54) is 18.3 Å². The molecule has 2 aromatic carbocycles. The van der Waals surface area contributed by atoms with Gasteiger partial charge in [0.1, 0.15) is 17.2 Å². The number of anilines is 3. The number of ether oxygens (including phenoxy) is 1. The number of hydrogen-bond acceptors (Lipinski definition) is 9. The van der Waals surface area contributed by atoms with Crippen LogP contribution >= 0.6 is 0 Å². The van der Waals surface area contributed by atoms with Crippen LogP contribution in [0.2, 0.25) is 0 Å². The Morgan fingerprint density at radius 3 is 2.66 bits per heavy atom. The van der Waals surface area contributed by atoms with Crippen molar-refractivity contribution >= 4 is 34.5 Å². The van der Waals surface area contributed by atoms with Crippen LogP contribution in [0.4, 0.5) is 21.8 Å². The zero-order valence-electron chi connectivity index (χ0n) is 16.9. The minimum atomic E-state index is -2.57. The largest absolute Gasteiger partial charge is 0.768 e. The van der Waals surface area contributed by atoms with Crippen LogP contribution in [-0.2, 0) is 15.8 Å². The Bertz CT molecular complexity index is 1120. The summed E-state index contributed by atoms with van der Waals surface area (Å²) in [6, 6.07) is 11.8. The molecule has 32 heavy (non-hydrogen) atoms. The van der Waals surface area contributed by atoms with E-state index in [1.807, 2.05) is 6.07 Å². The zero-order valence-corrected chi connectivity index (χ0v) is 17.8. The summed E-state index contributed by atoms with van der Waals surface area (Å²) in [7, 11) is 0. The lowest BCUT2D eigenvalue weighted by molar-refractivity contribution is 0.0526. The van der Waals surface area contributed by atoms with Crippen LogP contribution in [-0.4, -0.2) is 43.0 Å². The molecule has 9 nitrogen and oxygen atoms in total. The Kier molecular flexibility index (Phi) is 7.82. The smallest absolute Gasteiger partial charge is 0.343 e. The third-order valence-corrected chi connectivity index (χ3v) is 5.00. The van der Waals surface area contributed by atoms with E-state index < -0.39 is 28.9 Å². The topological polar surface area (TPSA) is 136 Å². The number of halogens is 1. The highest BCUT2D eigenvalue weighted by molar-refractivity contribution is 7.79. The number of hydrogen-bond donors (Lipinski definition) is 3. The molecule has 0 amide bonds. The van der Waals surface area contributed by atoms with Gasteiger partial charge in [-0.25, -0.2) is 14.2 Å². The van der Waals surface area contributed by atoms with Crippen LogP contribution < -0.4 is 10.6 Å². The molecule has 0 bridgehead atoms. The Hall–Kier alpha value is -3.41. The minimum absolute atomic E-state index is 0.0318. The number of nitrogens with zero attached hydrogens (tertiary/aromatic N) is 2. The SMILES string of the molecule is CCOC(=O)c1cnc(Nc2ccc(S(=O)[O-])cc2F)nc1N[C@H](CO)c1ccccc1. The molecule has 11 heteroatoms. The molecule has 0 aliphatic carbocycles. The van der Waals surface area contributed by atoms with E-state index in [-0.39, 0.29) is 41.1 Å². The Morgan fingerprint density at radius 2 is 2.03 bits per heavy atom. The fourth-order valence-corrected chi connectivity index (χ4v) is 3.20. The molecule has 1 unspecified atom stereocenters. The average molecular weight is 459 g/mol. The van der Waals surface area contributed by atoms with Crippen molar-refractivity contribution in [2.75, 3.05) is 23.8 Å². The Balaban J connectivity index is 1.94. The molecule has 0 saturated carbocycles. The van der Waals surface area contributed by atoms with Crippen LogP contribution in [0, 0.1) is 5.82 Å². The molecule has 0 fully saturated rings. The molecular weight excluding hydrogens is 439 g/mol. The van der Waals surface area contributed by atoms with Crippen LogP contribution in [0.25, 0.3) is 0 Å². The first-order chi connectivity index (χ1) is 15.4. The van der Waals surface area contributed by atoms with Gasteiger partial charge in [0.15, 0.2) is 0 Å². The van der Waals surface area contributed by atoms with Gasteiger partial charge in [-0.2, -0.15) is 4.98 Å². The first-order valence-electron chi connectivity index (χ1n) is 9.55. The van der Waals surface area contributed by atoms with Gasteiger partial charge < -0.3 is 25.0 Å². The predicted octanol–water partition coefficient (Wildman–Crippen LogP) is 2.92. The zero-order chi connectivity index (χ0) is 23.1. The Morgan fingerprint density at radius 1 is 1.28 bits per heavy atom. The van der Waals surface area contributed by atoms with Crippen LogP contribution in [0.1, 0.15) is 28.9 Å². The lowest BCUT2D eigenvalue weighted by atomic mass is 10.1. The van der Waals surface area contributed by atoms with E-state index in [9.17, 15) is 23.1 Å². The van der Waals surface area contributed by atoms with E-state index in [0.29, 0.717) is 0 Å². The minimum Gasteiger partial charge on any atom is -0.768 e. The highest BCUT2D eigenvalue weighted by atomic mass is 32.2. The average Bonchev–Trinajstić information content (AvgIpc) is 2.79. The fraction of sp³-hybridized carbons (Fsp3) is 0.190. The molecule has 0 saturated heterocycles. The summed E-state index contributed by atoms with van der Waals surface area (Å²) in [5, 5.41) is 15.5. The molecule has 3 rings (SSSR count). The van der Waals surface area contributed by atoms with E-state index >= 15 is 0 Å². The summed E-state index contributed by atoms with van der Waals surface area (Å²) in [6.07, 6.45) is 1.22. The molecule has 2 atom stereocenters. The number of esters is 1. The number of benzene rings is 2. The van der Waals surface area contributed by atoms with Crippen molar-refractivity contribution in [1.82, 2.24) is 9.97 Å². The third-order valence-electron chi connectivity index (χ3n) is 4.36. The first-order valence-corrected chi connectivity index (χ1v) is 10.6. The number of carbonyl (C=O) groups excluding carboxylic acids is 1. The molecule has 168 valence electrons. The summed E-state index contributed by atoms with van der Waals surface area (Å²) in [6.45, 7) is 1.50. The van der Waals surface area contributed by atoms with Crippen molar-refractivity contribution < 1.29 is 27.8 Å². The second-order valence-electron chi connectivity index (χ2n) is 6.47. The predicted molar refractivity (Wildman–Crippen MR) is 115 cm³/mol. The Labute approximate surface area is 186 Å². The highest BCUT2D eigenvalue weighted by Gasteiger charge is 2.20. The molecule has 3 N–H and O–H groups in total. The molecule has 0 radical (unpaired) electrons. The van der Waals surface area contributed by atoms with Gasteiger partial charge in [0.05, 0.1) is 24.9 Å². The molecule has 0 aliphatic rings. The molecule has 0 spiro atoms. The monoisotopic (exact) mass is 459 g/mol. The van der Waals surface area contributed by atoms with Crippen LogP contribution in [0.3, 0.4) is 0 Å². The summed E-state index contributed by atoms with van der Waals surface area (Å²) >= 11 is -2.57. The normalized spacial score (nSPS) is 12.6. The molecular formula is C21H20FN4O5S-. The number of aromatic nitrogens is 2. The highest BCUT2D eigenvalue weighted by Crippen LogP contribution is 2.25. The van der Waals surface area contributed by atoms with Crippen molar-refractivity contribution in [3.63, 3.8) is 0 Å². The van der Waals surface area contributed by atoms with Crippen molar-refractivity contribution in [2.45, 2.75) is 17.9 Å².